The van der Waals surface area contributed by atoms with Crippen LogP contribution in [0, 0.1) is 5.92 Å². The second-order valence-corrected chi connectivity index (χ2v) is 7.23. The molecule has 110 valence electrons. The number of likely N-dealkylation sites (tertiary alicyclic amines) is 1. The normalized spacial score (nSPS) is 41.1. The number of hydrogen-bond acceptors (Lipinski definition) is 2. The van der Waals surface area contributed by atoms with Crippen molar-refractivity contribution in [1.82, 2.24) is 4.90 Å². The van der Waals surface area contributed by atoms with Gasteiger partial charge in [-0.15, -0.1) is 0 Å². The van der Waals surface area contributed by atoms with E-state index in [1.54, 1.807) is 0 Å². The first-order chi connectivity index (χ1) is 9.67. The molecule has 0 aromatic rings. The molecule has 0 aromatic heterocycles. The van der Waals surface area contributed by atoms with Crippen LogP contribution in [0.2, 0.25) is 0 Å². The van der Waals surface area contributed by atoms with Crippen molar-refractivity contribution in [2.75, 3.05) is 6.54 Å². The predicted octanol–water partition coefficient (Wildman–Crippen LogP) is 3.05. The summed E-state index contributed by atoms with van der Waals surface area (Å²) in [5, 5.41) is 0. The smallest absolute Gasteiger partial charge is 0.222 e. The standard InChI is InChI=1S/C17H25NO2/c1-2-15(19)18-12-17-9-6-14(20-17)10-13(17)11-16(18)7-4-3-5-8-16/h6,9,13-14H,2-5,7-8,10-12H2,1H3/t13-,14+,17-/m1/s1. The van der Waals surface area contributed by atoms with E-state index in [0.717, 1.165) is 6.54 Å². The number of carbonyl (C=O) groups excluding carboxylic acids is 1. The lowest BCUT2D eigenvalue weighted by Crippen LogP contribution is -2.64. The zero-order chi connectivity index (χ0) is 13.8. The Balaban J connectivity index is 1.68. The van der Waals surface area contributed by atoms with Crippen molar-refractivity contribution in [3.8, 4) is 0 Å². The molecular formula is C17H25NO2. The van der Waals surface area contributed by atoms with Crippen molar-refractivity contribution in [3.63, 3.8) is 0 Å². The van der Waals surface area contributed by atoms with Crippen LogP contribution in [0.25, 0.3) is 0 Å². The molecule has 0 aromatic carbocycles. The van der Waals surface area contributed by atoms with Gasteiger partial charge in [0.15, 0.2) is 0 Å². The highest BCUT2D eigenvalue weighted by Crippen LogP contribution is 2.54. The molecule has 1 saturated carbocycles. The quantitative estimate of drug-likeness (QED) is 0.688. The number of carbonyl (C=O) groups is 1. The largest absolute Gasteiger partial charge is 0.361 e. The fraction of sp³-hybridized carbons (Fsp3) is 0.824. The summed E-state index contributed by atoms with van der Waals surface area (Å²) in [6, 6.07) is 0. The van der Waals surface area contributed by atoms with Gasteiger partial charge in [-0.05, 0) is 31.6 Å². The summed E-state index contributed by atoms with van der Waals surface area (Å²) < 4.78 is 6.22. The van der Waals surface area contributed by atoms with E-state index in [1.165, 1.54) is 44.9 Å². The summed E-state index contributed by atoms with van der Waals surface area (Å²) in [4.78, 5) is 14.8. The summed E-state index contributed by atoms with van der Waals surface area (Å²) in [5.74, 6) is 0.962. The molecule has 0 unspecified atom stereocenters. The van der Waals surface area contributed by atoms with E-state index in [4.69, 9.17) is 4.74 Å². The molecule has 1 aliphatic carbocycles. The molecule has 4 aliphatic rings. The second kappa shape index (κ2) is 4.33. The van der Waals surface area contributed by atoms with E-state index >= 15 is 0 Å². The molecular weight excluding hydrogens is 250 g/mol. The van der Waals surface area contributed by atoms with E-state index in [2.05, 4.69) is 17.1 Å². The van der Waals surface area contributed by atoms with Gasteiger partial charge >= 0.3 is 0 Å². The maximum atomic E-state index is 12.5. The molecule has 3 heterocycles. The van der Waals surface area contributed by atoms with Crippen LogP contribution < -0.4 is 0 Å². The van der Waals surface area contributed by atoms with Crippen LogP contribution >= 0.6 is 0 Å². The number of rotatable bonds is 1. The van der Waals surface area contributed by atoms with E-state index in [1.807, 2.05) is 6.92 Å². The highest BCUT2D eigenvalue weighted by molar-refractivity contribution is 5.77. The molecule has 1 amide bonds. The van der Waals surface area contributed by atoms with E-state index in [0.29, 0.717) is 24.3 Å². The molecule has 3 atom stereocenters. The number of nitrogens with zero attached hydrogens (tertiary/aromatic N) is 1. The Morgan fingerprint density at radius 2 is 2.15 bits per heavy atom. The van der Waals surface area contributed by atoms with Crippen molar-refractivity contribution < 1.29 is 9.53 Å². The van der Waals surface area contributed by atoms with Crippen LogP contribution in [0.3, 0.4) is 0 Å². The Hall–Kier alpha value is -0.830. The third-order valence-electron chi connectivity index (χ3n) is 6.16. The van der Waals surface area contributed by atoms with Crippen LogP contribution in [-0.4, -0.2) is 34.6 Å². The van der Waals surface area contributed by atoms with Crippen molar-refractivity contribution >= 4 is 5.91 Å². The fourth-order valence-corrected chi connectivity index (χ4v) is 5.16. The highest BCUT2D eigenvalue weighted by atomic mass is 16.5. The minimum absolute atomic E-state index is 0.141. The minimum Gasteiger partial charge on any atom is -0.361 e. The van der Waals surface area contributed by atoms with Gasteiger partial charge in [0.1, 0.15) is 5.60 Å². The van der Waals surface area contributed by atoms with Gasteiger partial charge in [-0.25, -0.2) is 0 Å². The van der Waals surface area contributed by atoms with Crippen molar-refractivity contribution in [2.45, 2.75) is 75.5 Å². The van der Waals surface area contributed by atoms with Gasteiger partial charge in [0.2, 0.25) is 5.91 Å². The Morgan fingerprint density at radius 3 is 2.85 bits per heavy atom. The van der Waals surface area contributed by atoms with Gasteiger partial charge in [-0.1, -0.05) is 38.3 Å². The number of fused-ring (bicyclic) bond motifs is 1. The monoisotopic (exact) mass is 275 g/mol. The molecule has 4 rings (SSSR count). The maximum absolute atomic E-state index is 12.5. The first-order valence-corrected chi connectivity index (χ1v) is 8.35. The average Bonchev–Trinajstić information content (AvgIpc) is 3.03. The van der Waals surface area contributed by atoms with Crippen molar-refractivity contribution in [2.24, 2.45) is 5.92 Å². The summed E-state index contributed by atoms with van der Waals surface area (Å²) in [5.41, 5.74) is 0.0150. The highest BCUT2D eigenvalue weighted by Gasteiger charge is 2.59. The van der Waals surface area contributed by atoms with E-state index < -0.39 is 0 Å². The number of ether oxygens (including phenoxy) is 1. The molecule has 3 aliphatic heterocycles. The first-order valence-electron chi connectivity index (χ1n) is 8.35. The molecule has 2 bridgehead atoms. The first kappa shape index (κ1) is 12.9. The van der Waals surface area contributed by atoms with Crippen LogP contribution in [0.1, 0.15) is 58.3 Å². The van der Waals surface area contributed by atoms with Crippen LogP contribution in [0.5, 0.6) is 0 Å². The predicted molar refractivity (Wildman–Crippen MR) is 77.3 cm³/mol. The van der Waals surface area contributed by atoms with Gasteiger partial charge in [-0.3, -0.25) is 4.79 Å². The molecule has 3 fully saturated rings. The Bertz CT molecular complexity index is 452. The van der Waals surface area contributed by atoms with Gasteiger partial charge in [-0.2, -0.15) is 0 Å². The molecule has 2 saturated heterocycles. The lowest BCUT2D eigenvalue weighted by Gasteiger charge is -2.56. The molecule has 0 N–H and O–H groups in total. The molecule has 0 radical (unpaired) electrons. The number of amides is 1. The van der Waals surface area contributed by atoms with Crippen LogP contribution in [-0.2, 0) is 9.53 Å². The molecule has 3 nitrogen and oxygen atoms in total. The van der Waals surface area contributed by atoms with Crippen molar-refractivity contribution in [3.05, 3.63) is 12.2 Å². The average molecular weight is 275 g/mol. The second-order valence-electron chi connectivity index (χ2n) is 7.23. The van der Waals surface area contributed by atoms with Gasteiger partial charge in [0.25, 0.3) is 0 Å². The summed E-state index contributed by atoms with van der Waals surface area (Å²) >= 11 is 0. The zero-order valence-electron chi connectivity index (χ0n) is 12.4. The van der Waals surface area contributed by atoms with Gasteiger partial charge < -0.3 is 9.64 Å². The SMILES string of the molecule is CCC(=O)N1C[C@]23C=C[C@@H](C[C@@H]2CC12CCCCC2)O3. The molecule has 3 heteroatoms. The van der Waals surface area contributed by atoms with Gasteiger partial charge in [0, 0.05) is 12.0 Å². The lowest BCUT2D eigenvalue weighted by atomic mass is 9.65. The zero-order valence-corrected chi connectivity index (χ0v) is 12.4. The lowest BCUT2D eigenvalue weighted by molar-refractivity contribution is -0.155. The molecule has 2 spiro atoms. The Morgan fingerprint density at radius 1 is 1.35 bits per heavy atom. The van der Waals surface area contributed by atoms with E-state index in [-0.39, 0.29) is 11.1 Å². The van der Waals surface area contributed by atoms with Crippen LogP contribution in [0.15, 0.2) is 12.2 Å². The number of hydrogen-bond donors (Lipinski definition) is 0. The Kier molecular flexibility index (Phi) is 2.79. The van der Waals surface area contributed by atoms with Crippen LogP contribution in [0.4, 0.5) is 0 Å². The fourth-order valence-electron chi connectivity index (χ4n) is 5.16. The topological polar surface area (TPSA) is 29.5 Å². The summed E-state index contributed by atoms with van der Waals surface area (Å²) in [7, 11) is 0. The maximum Gasteiger partial charge on any atom is 0.222 e. The van der Waals surface area contributed by atoms with Crippen molar-refractivity contribution in [1.29, 1.82) is 0 Å². The number of piperidine rings is 1. The Labute approximate surface area is 121 Å². The summed E-state index contributed by atoms with van der Waals surface area (Å²) in [6.45, 7) is 2.79. The molecule has 20 heavy (non-hydrogen) atoms. The third kappa shape index (κ3) is 1.65. The summed E-state index contributed by atoms with van der Waals surface area (Å²) in [6.07, 6.45) is 14.1. The minimum atomic E-state index is -0.141. The van der Waals surface area contributed by atoms with E-state index in [9.17, 15) is 4.79 Å². The third-order valence-corrected chi connectivity index (χ3v) is 6.16. The van der Waals surface area contributed by atoms with Gasteiger partial charge in [0.05, 0.1) is 12.6 Å².